The summed E-state index contributed by atoms with van der Waals surface area (Å²) in [7, 11) is 0. The van der Waals surface area contributed by atoms with Crippen LogP contribution in [0.25, 0.3) is 11.1 Å². The molecule has 0 spiro atoms. The van der Waals surface area contributed by atoms with E-state index in [2.05, 4.69) is 5.32 Å². The number of carbonyl (C=O) groups excluding carboxylic acids is 2. The largest absolute Gasteiger partial charge is 0.480 e. The van der Waals surface area contributed by atoms with E-state index >= 15 is 0 Å². The maximum Gasteiger partial charge on any atom is 0.326 e. The molecular weight excluding hydrogens is 346 g/mol. The normalized spacial score (nSPS) is 11.4. The number of esters is 1. The second kappa shape index (κ2) is 10.1. The summed E-state index contributed by atoms with van der Waals surface area (Å²) in [5, 5.41) is 11.8. The Labute approximate surface area is 158 Å². The molecule has 1 atom stereocenters. The number of carbonyl (C=O) groups is 3. The van der Waals surface area contributed by atoms with Gasteiger partial charge in [0.1, 0.15) is 6.04 Å². The third-order valence-corrected chi connectivity index (χ3v) is 4.00. The second-order valence-corrected chi connectivity index (χ2v) is 6.03. The lowest BCUT2D eigenvalue weighted by atomic mass is 10.0. The molecular formula is C21H23NO5. The predicted molar refractivity (Wildman–Crippen MR) is 101 cm³/mol. The van der Waals surface area contributed by atoms with Gasteiger partial charge in [-0.1, -0.05) is 54.6 Å². The highest BCUT2D eigenvalue weighted by Crippen LogP contribution is 2.19. The molecule has 2 aromatic rings. The van der Waals surface area contributed by atoms with Crippen LogP contribution >= 0.6 is 0 Å². The third-order valence-electron chi connectivity index (χ3n) is 4.00. The molecule has 0 radical (unpaired) electrons. The zero-order valence-electron chi connectivity index (χ0n) is 15.2. The van der Waals surface area contributed by atoms with Gasteiger partial charge in [0, 0.05) is 12.8 Å². The molecule has 0 unspecified atom stereocenters. The SMILES string of the molecule is CCOC(=O)CCC(=O)N[C@H](Cc1ccc(-c2ccccc2)cc1)C(=O)O. The van der Waals surface area contributed by atoms with Gasteiger partial charge in [-0.15, -0.1) is 0 Å². The number of carboxylic acids is 1. The standard InChI is InChI=1S/C21H23NO5/c1-2-27-20(24)13-12-19(23)22-18(21(25)26)14-15-8-10-17(11-9-15)16-6-4-3-5-7-16/h3-11,18H,2,12-14H2,1H3,(H,22,23)(H,25,26)/t18-/m1/s1. The number of rotatable bonds is 9. The fraction of sp³-hybridized carbons (Fsp3) is 0.286. The molecule has 6 nitrogen and oxygen atoms in total. The zero-order valence-corrected chi connectivity index (χ0v) is 15.2. The minimum Gasteiger partial charge on any atom is -0.480 e. The van der Waals surface area contributed by atoms with Crippen molar-refractivity contribution >= 4 is 17.8 Å². The highest BCUT2D eigenvalue weighted by Gasteiger charge is 2.21. The Morgan fingerprint density at radius 1 is 0.963 bits per heavy atom. The molecule has 0 heterocycles. The Kier molecular flexibility index (Phi) is 7.55. The van der Waals surface area contributed by atoms with E-state index in [9.17, 15) is 19.5 Å². The van der Waals surface area contributed by atoms with Crippen LogP contribution in [0.15, 0.2) is 54.6 Å². The van der Waals surface area contributed by atoms with E-state index in [0.29, 0.717) is 0 Å². The fourth-order valence-electron chi connectivity index (χ4n) is 2.61. The van der Waals surface area contributed by atoms with Gasteiger partial charge in [0.25, 0.3) is 0 Å². The van der Waals surface area contributed by atoms with E-state index in [-0.39, 0.29) is 25.9 Å². The summed E-state index contributed by atoms with van der Waals surface area (Å²) < 4.78 is 4.75. The van der Waals surface area contributed by atoms with Crippen LogP contribution in [-0.4, -0.2) is 35.6 Å². The van der Waals surface area contributed by atoms with Gasteiger partial charge in [0.05, 0.1) is 13.0 Å². The van der Waals surface area contributed by atoms with Gasteiger partial charge in [-0.2, -0.15) is 0 Å². The molecule has 142 valence electrons. The first-order valence-electron chi connectivity index (χ1n) is 8.81. The van der Waals surface area contributed by atoms with E-state index in [1.54, 1.807) is 6.92 Å². The summed E-state index contributed by atoms with van der Waals surface area (Å²) >= 11 is 0. The summed E-state index contributed by atoms with van der Waals surface area (Å²) in [5.41, 5.74) is 2.91. The van der Waals surface area contributed by atoms with Crippen molar-refractivity contribution in [1.82, 2.24) is 5.32 Å². The number of amides is 1. The van der Waals surface area contributed by atoms with E-state index in [1.165, 1.54) is 0 Å². The number of hydrogen-bond donors (Lipinski definition) is 2. The first-order valence-corrected chi connectivity index (χ1v) is 8.81. The van der Waals surface area contributed by atoms with E-state index in [1.807, 2.05) is 54.6 Å². The molecule has 2 N–H and O–H groups in total. The van der Waals surface area contributed by atoms with Crippen LogP contribution in [0.2, 0.25) is 0 Å². The lowest BCUT2D eigenvalue weighted by molar-refractivity contribution is -0.144. The van der Waals surface area contributed by atoms with Crippen LogP contribution in [0.5, 0.6) is 0 Å². The number of carboxylic acid groups (broad SMARTS) is 1. The Morgan fingerprint density at radius 2 is 1.59 bits per heavy atom. The summed E-state index contributed by atoms with van der Waals surface area (Å²) in [6.07, 6.45) is -0.0110. The molecule has 0 aromatic heterocycles. The number of ether oxygens (including phenoxy) is 1. The van der Waals surface area contributed by atoms with E-state index in [0.717, 1.165) is 16.7 Å². The molecule has 0 bridgehead atoms. The topological polar surface area (TPSA) is 92.7 Å². The van der Waals surface area contributed by atoms with Crippen molar-refractivity contribution in [3.8, 4) is 11.1 Å². The third kappa shape index (κ3) is 6.58. The highest BCUT2D eigenvalue weighted by atomic mass is 16.5. The first-order chi connectivity index (χ1) is 13.0. The lowest BCUT2D eigenvalue weighted by Gasteiger charge is -2.15. The van der Waals surface area contributed by atoms with Crippen LogP contribution in [0.1, 0.15) is 25.3 Å². The fourth-order valence-corrected chi connectivity index (χ4v) is 2.61. The Morgan fingerprint density at radius 3 is 2.19 bits per heavy atom. The minimum absolute atomic E-state index is 0.0716. The molecule has 27 heavy (non-hydrogen) atoms. The van der Waals surface area contributed by atoms with Gasteiger partial charge in [-0.05, 0) is 23.6 Å². The quantitative estimate of drug-likeness (QED) is 0.663. The predicted octanol–water partition coefficient (Wildman–Crippen LogP) is 2.81. The number of aliphatic carboxylic acids is 1. The molecule has 0 aliphatic rings. The van der Waals surface area contributed by atoms with Crippen molar-refractivity contribution in [2.75, 3.05) is 6.61 Å². The maximum atomic E-state index is 11.9. The molecule has 0 aliphatic carbocycles. The average Bonchev–Trinajstić information content (AvgIpc) is 2.67. The molecule has 0 saturated heterocycles. The van der Waals surface area contributed by atoms with Gasteiger partial charge in [0.15, 0.2) is 0 Å². The molecule has 0 fully saturated rings. The van der Waals surface area contributed by atoms with Crippen LogP contribution in [-0.2, 0) is 25.5 Å². The first kappa shape index (κ1) is 20.2. The minimum atomic E-state index is -1.12. The number of benzene rings is 2. The molecule has 6 heteroatoms. The van der Waals surface area contributed by atoms with Gasteiger partial charge >= 0.3 is 11.9 Å². The summed E-state index contributed by atoms with van der Waals surface area (Å²) in [4.78, 5) is 34.7. The molecule has 1 amide bonds. The molecule has 2 aromatic carbocycles. The van der Waals surface area contributed by atoms with Crippen LogP contribution in [0.3, 0.4) is 0 Å². The summed E-state index contributed by atoms with van der Waals surface area (Å²) in [6, 6.07) is 16.3. The van der Waals surface area contributed by atoms with E-state index < -0.39 is 23.9 Å². The monoisotopic (exact) mass is 369 g/mol. The van der Waals surface area contributed by atoms with Gasteiger partial charge in [-0.25, -0.2) is 4.79 Å². The summed E-state index contributed by atoms with van der Waals surface area (Å²) in [5.74, 6) is -2.08. The lowest BCUT2D eigenvalue weighted by Crippen LogP contribution is -2.42. The highest BCUT2D eigenvalue weighted by molar-refractivity contribution is 5.86. The average molecular weight is 369 g/mol. The molecule has 0 saturated carbocycles. The van der Waals surface area contributed by atoms with Crippen LogP contribution in [0, 0.1) is 0 Å². The van der Waals surface area contributed by atoms with Crippen molar-refractivity contribution in [3.05, 3.63) is 60.2 Å². The van der Waals surface area contributed by atoms with Crippen molar-refractivity contribution in [2.45, 2.75) is 32.2 Å². The van der Waals surface area contributed by atoms with E-state index in [4.69, 9.17) is 4.74 Å². The number of nitrogens with one attached hydrogen (secondary N) is 1. The molecule has 0 aliphatic heterocycles. The Hall–Kier alpha value is -3.15. The number of hydrogen-bond acceptors (Lipinski definition) is 4. The molecule has 2 rings (SSSR count). The summed E-state index contributed by atoms with van der Waals surface area (Å²) in [6.45, 7) is 1.93. The van der Waals surface area contributed by atoms with Crippen molar-refractivity contribution in [2.24, 2.45) is 0 Å². The Bertz CT molecular complexity index is 771. The van der Waals surface area contributed by atoms with Crippen molar-refractivity contribution < 1.29 is 24.2 Å². The van der Waals surface area contributed by atoms with Crippen LogP contribution < -0.4 is 5.32 Å². The van der Waals surface area contributed by atoms with Gasteiger partial charge in [0.2, 0.25) is 5.91 Å². The van der Waals surface area contributed by atoms with Crippen molar-refractivity contribution in [3.63, 3.8) is 0 Å². The van der Waals surface area contributed by atoms with Gasteiger partial charge < -0.3 is 15.2 Å². The van der Waals surface area contributed by atoms with Gasteiger partial charge in [-0.3, -0.25) is 9.59 Å². The smallest absolute Gasteiger partial charge is 0.326 e. The van der Waals surface area contributed by atoms with Crippen molar-refractivity contribution in [1.29, 1.82) is 0 Å². The zero-order chi connectivity index (χ0) is 19.6. The maximum absolute atomic E-state index is 11.9. The Balaban J connectivity index is 1.94. The second-order valence-electron chi connectivity index (χ2n) is 6.03. The van der Waals surface area contributed by atoms with Crippen LogP contribution in [0.4, 0.5) is 0 Å².